The summed E-state index contributed by atoms with van der Waals surface area (Å²) in [6.07, 6.45) is -0.379. The largest absolute Gasteiger partial charge is 0.362 e. The molecule has 0 bridgehead atoms. The van der Waals surface area contributed by atoms with Crippen LogP contribution in [0.3, 0.4) is 0 Å². The molecule has 1 unspecified atom stereocenters. The average Bonchev–Trinajstić information content (AvgIpc) is 3.96. The van der Waals surface area contributed by atoms with Gasteiger partial charge in [-0.05, 0) is 51.8 Å². The fourth-order valence-electron chi connectivity index (χ4n) is 6.76. The van der Waals surface area contributed by atoms with Gasteiger partial charge in [0.25, 0.3) is 0 Å². The highest BCUT2D eigenvalue weighted by atomic mass is 33.2. The van der Waals surface area contributed by atoms with Crippen LogP contribution in [0.4, 0.5) is 5.69 Å². The van der Waals surface area contributed by atoms with Gasteiger partial charge in [0.05, 0.1) is 11.3 Å². The Kier molecular flexibility index (Phi) is 17.5. The number of β-lactam (4-membered cyclic amide) rings is 1. The quantitative estimate of drug-likeness (QED) is 0.0376. The molecule has 7 amide bonds. The predicted molar refractivity (Wildman–Crippen MR) is 225 cm³/mol. The van der Waals surface area contributed by atoms with E-state index in [-0.39, 0.29) is 61.4 Å². The van der Waals surface area contributed by atoms with Gasteiger partial charge in [-0.25, -0.2) is 0 Å². The van der Waals surface area contributed by atoms with Crippen molar-refractivity contribution in [2.45, 2.75) is 88.0 Å². The third-order valence-corrected chi connectivity index (χ3v) is 14.6. The Balaban J connectivity index is 1.26. The molecule has 3 fully saturated rings. The maximum absolute atomic E-state index is 13.5. The molecule has 334 valence electrons. The second-order valence-corrected chi connectivity index (χ2v) is 18.9. The molecule has 0 aliphatic carbocycles. The van der Waals surface area contributed by atoms with Gasteiger partial charge in [0.15, 0.2) is 38.8 Å². The number of thioether (sulfide) groups is 1. The lowest BCUT2D eigenvalue weighted by atomic mass is 9.71. The molecule has 22 heteroatoms. The van der Waals surface area contributed by atoms with E-state index in [1.165, 1.54) is 11.8 Å². The third-order valence-electron chi connectivity index (χ3n) is 10.3. The lowest BCUT2D eigenvalue weighted by Crippen LogP contribution is -2.53. The zero-order valence-electron chi connectivity index (χ0n) is 34.5. The first-order valence-electron chi connectivity index (χ1n) is 19.5. The van der Waals surface area contributed by atoms with Crippen molar-refractivity contribution in [2.75, 3.05) is 43.9 Å². The Bertz CT molecular complexity index is 2020. The molecular weight excluding hydrogens is 871 g/mol. The minimum absolute atomic E-state index is 0.0252. The van der Waals surface area contributed by atoms with Crippen LogP contribution in [0.5, 0.6) is 0 Å². The zero-order chi connectivity index (χ0) is 45.9. The molecule has 3 saturated heterocycles. The van der Waals surface area contributed by atoms with Crippen LogP contribution in [-0.4, -0.2) is 140 Å². The van der Waals surface area contributed by atoms with E-state index in [0.29, 0.717) is 25.1 Å². The van der Waals surface area contributed by atoms with Crippen LogP contribution in [0.2, 0.25) is 0 Å². The van der Waals surface area contributed by atoms with Crippen molar-refractivity contribution >= 4 is 115 Å². The Hall–Kier alpha value is -5.06. The number of hydrogen-bond acceptors (Lipinski definition) is 17. The molecule has 3 N–H and O–H groups in total. The first-order valence-corrected chi connectivity index (χ1v) is 22.7. The van der Waals surface area contributed by atoms with Crippen molar-refractivity contribution in [2.24, 2.45) is 5.41 Å². The second-order valence-electron chi connectivity index (χ2n) is 14.8. The van der Waals surface area contributed by atoms with Crippen molar-refractivity contribution in [3.63, 3.8) is 0 Å². The molecule has 2 atom stereocenters. The number of imide groups is 2. The molecule has 4 rings (SSSR count). The lowest BCUT2D eigenvalue weighted by molar-refractivity contribution is -0.155. The maximum Gasteiger partial charge on any atom is 0.250 e. The summed E-state index contributed by atoms with van der Waals surface area (Å²) >= 11 is 1.02. The van der Waals surface area contributed by atoms with Gasteiger partial charge in [0.2, 0.25) is 46.8 Å². The van der Waals surface area contributed by atoms with E-state index in [9.17, 15) is 62.3 Å². The molecule has 3 aliphatic rings. The van der Waals surface area contributed by atoms with Gasteiger partial charge in [-0.3, -0.25) is 72.1 Å². The maximum atomic E-state index is 13.5. The van der Waals surface area contributed by atoms with Gasteiger partial charge in [-0.15, -0.1) is 11.8 Å². The van der Waals surface area contributed by atoms with Crippen LogP contribution in [-0.2, 0) is 73.5 Å². The first kappa shape index (κ1) is 49.6. The molecule has 0 aromatic heterocycles. The highest BCUT2D eigenvalue weighted by Gasteiger charge is 2.57. The Morgan fingerprint density at radius 3 is 2.02 bits per heavy atom. The second kappa shape index (κ2) is 21.8. The van der Waals surface area contributed by atoms with Crippen molar-refractivity contribution in [3.05, 3.63) is 29.8 Å². The summed E-state index contributed by atoms with van der Waals surface area (Å²) < 4.78 is 4.03. The van der Waals surface area contributed by atoms with Crippen molar-refractivity contribution < 1.29 is 67.1 Å². The number of nitrogens with one attached hydrogen (secondary N) is 3. The summed E-state index contributed by atoms with van der Waals surface area (Å²) in [6.45, 7) is 2.71. The molecule has 0 saturated carbocycles. The summed E-state index contributed by atoms with van der Waals surface area (Å²) in [4.78, 5) is 165. The number of nitrogens with zero attached hydrogens (tertiary/aromatic N) is 2. The monoisotopic (exact) mass is 917 g/mol. The summed E-state index contributed by atoms with van der Waals surface area (Å²) in [5.74, 6) is -8.32. The van der Waals surface area contributed by atoms with E-state index < -0.39 is 99.6 Å². The lowest BCUT2D eigenvalue weighted by Gasteiger charge is -2.28. The summed E-state index contributed by atoms with van der Waals surface area (Å²) in [6, 6.07) is 5.40. The highest BCUT2D eigenvalue weighted by Crippen LogP contribution is 2.66. The number of anilines is 1. The van der Waals surface area contributed by atoms with E-state index in [0.717, 1.165) is 64.6 Å². The van der Waals surface area contributed by atoms with Crippen molar-refractivity contribution in [1.29, 1.82) is 0 Å². The van der Waals surface area contributed by atoms with Crippen LogP contribution >= 0.6 is 33.3 Å². The number of ether oxygens (including phenoxy) is 1. The van der Waals surface area contributed by atoms with Crippen LogP contribution in [0.1, 0.15) is 71.8 Å². The number of Topliss-reactive ketones (excluding diaryl/α,β-unsaturated/α-hetero) is 6. The average molecular weight is 918 g/mol. The number of amides is 7. The van der Waals surface area contributed by atoms with E-state index in [1.807, 2.05) is 0 Å². The van der Waals surface area contributed by atoms with Gasteiger partial charge in [0.1, 0.15) is 13.2 Å². The molecule has 1 aromatic carbocycles. The van der Waals surface area contributed by atoms with Gasteiger partial charge in [0, 0.05) is 69.6 Å². The fourth-order valence-corrected chi connectivity index (χ4v) is 10.1. The molecule has 0 radical (unpaired) electrons. The van der Waals surface area contributed by atoms with Gasteiger partial charge in [-0.1, -0.05) is 33.7 Å². The number of likely N-dealkylation sites (tertiary alicyclic amines) is 2. The standard InChI is InChI=1S/C40H47N5O14S3/c1-22(46)39(23(2)47,24(3)48)31(51)17-28(43-32(52)13-16-60-29-18-37(57)45(38(29)58)14-11-30(50)40(25(4)49)61-62-40)19-41-33(53)20-59-21-34(54)42-27-8-5-26(6-9-27)7-10-35(55)44-15-12-36(44)56/h5-6,8-9,28-29H,7,10-21H2,1-4H3,(H,41,53)(H,42,54)(H,43,52)/t28-,29?/m0/s1. The van der Waals surface area contributed by atoms with Crippen molar-refractivity contribution in [1.82, 2.24) is 20.4 Å². The van der Waals surface area contributed by atoms with E-state index >= 15 is 0 Å². The summed E-state index contributed by atoms with van der Waals surface area (Å²) in [5.41, 5.74) is -1.39. The van der Waals surface area contributed by atoms with Crippen LogP contribution in [0.15, 0.2) is 24.3 Å². The van der Waals surface area contributed by atoms with Crippen LogP contribution in [0, 0.1) is 5.41 Å². The Morgan fingerprint density at radius 2 is 1.47 bits per heavy atom. The molecule has 62 heavy (non-hydrogen) atoms. The molecule has 3 aliphatic heterocycles. The number of carbonyl (C=O) groups is 13. The highest BCUT2D eigenvalue weighted by molar-refractivity contribution is 8.94. The van der Waals surface area contributed by atoms with Gasteiger partial charge < -0.3 is 20.7 Å². The predicted octanol–water partition coefficient (Wildman–Crippen LogP) is 0.537. The first-order chi connectivity index (χ1) is 29.2. The molecule has 0 spiro atoms. The molecule has 19 nitrogen and oxygen atoms in total. The van der Waals surface area contributed by atoms with Crippen LogP contribution in [0.25, 0.3) is 0 Å². The minimum Gasteiger partial charge on any atom is -0.362 e. The Labute approximate surface area is 368 Å². The van der Waals surface area contributed by atoms with Gasteiger partial charge in [-0.2, -0.15) is 0 Å². The van der Waals surface area contributed by atoms with Crippen molar-refractivity contribution in [3.8, 4) is 0 Å². The van der Waals surface area contributed by atoms with E-state index in [4.69, 9.17) is 4.74 Å². The molecule has 3 heterocycles. The smallest absolute Gasteiger partial charge is 0.250 e. The SMILES string of the molecule is CC(=O)C1(C(=O)CCN2C(=O)CC(SCCC(=O)N[C@H](CNC(=O)COCC(=O)Nc3ccc(CCC(=O)N4CCC4=O)cc3)CC(=O)C(C(C)=O)(C(C)=O)C(C)=O)C2=O)SS1. The Morgan fingerprint density at radius 1 is 0.839 bits per heavy atom. The van der Waals surface area contributed by atoms with E-state index in [2.05, 4.69) is 16.0 Å². The minimum atomic E-state index is -2.62. The number of benzene rings is 1. The number of ketones is 6. The number of carbonyl (C=O) groups excluding carboxylic acids is 13. The molecule has 1 aromatic rings. The zero-order valence-corrected chi connectivity index (χ0v) is 36.9. The summed E-state index contributed by atoms with van der Waals surface area (Å²) in [5, 5.41) is 6.76. The number of hydrogen-bond donors (Lipinski definition) is 3. The summed E-state index contributed by atoms with van der Waals surface area (Å²) in [7, 11) is 2.25. The fraction of sp³-hybridized carbons (Fsp3) is 0.525. The topological polar surface area (TPSA) is 274 Å². The normalized spacial score (nSPS) is 17.1. The number of rotatable bonds is 26. The molecular formula is C40H47N5O14S3. The third kappa shape index (κ3) is 12.3. The van der Waals surface area contributed by atoms with E-state index in [1.54, 1.807) is 24.3 Å². The number of aryl methyl sites for hydroxylation is 1. The van der Waals surface area contributed by atoms with Crippen LogP contribution < -0.4 is 16.0 Å². The van der Waals surface area contributed by atoms with Gasteiger partial charge >= 0.3 is 0 Å².